The maximum absolute atomic E-state index is 12.7. The van der Waals surface area contributed by atoms with Gasteiger partial charge >= 0.3 is 0 Å². The van der Waals surface area contributed by atoms with Gasteiger partial charge in [0.25, 0.3) is 0 Å². The maximum atomic E-state index is 12.7. The Labute approximate surface area is 115 Å². The van der Waals surface area contributed by atoms with Gasteiger partial charge in [-0.3, -0.25) is 0 Å². The average molecular weight is 282 g/mol. The van der Waals surface area contributed by atoms with Crippen LogP contribution >= 0.6 is 0 Å². The molecule has 1 aliphatic carbocycles. The van der Waals surface area contributed by atoms with Crippen molar-refractivity contribution in [3.63, 3.8) is 0 Å². The van der Waals surface area contributed by atoms with E-state index < -0.39 is 10.0 Å². The second-order valence-electron chi connectivity index (χ2n) is 5.74. The summed E-state index contributed by atoms with van der Waals surface area (Å²) in [6, 6.07) is 5.29. The fraction of sp³-hybridized carbons (Fsp3) is 0.571. The van der Waals surface area contributed by atoms with Gasteiger partial charge in [0.15, 0.2) is 0 Å². The first-order valence-electron chi connectivity index (χ1n) is 6.70. The highest BCUT2D eigenvalue weighted by molar-refractivity contribution is 7.89. The van der Waals surface area contributed by atoms with Crippen molar-refractivity contribution in [3.05, 3.63) is 23.8 Å². The van der Waals surface area contributed by atoms with E-state index in [-0.39, 0.29) is 10.9 Å². The zero-order valence-corrected chi connectivity index (χ0v) is 12.6. The highest BCUT2D eigenvalue weighted by Crippen LogP contribution is 2.34. The number of rotatable bonds is 5. The molecular weight excluding hydrogens is 260 g/mol. The Bertz CT molecular complexity index is 563. The maximum Gasteiger partial charge on any atom is 0.245 e. The SMILES string of the molecule is Cc1ccc(S(=O)(=O)N(CC(C)C)C2CC2)c(N)c1. The molecule has 0 atom stereocenters. The molecule has 0 radical (unpaired) electrons. The molecule has 0 unspecified atom stereocenters. The van der Waals surface area contributed by atoms with Crippen LogP contribution < -0.4 is 5.73 Å². The van der Waals surface area contributed by atoms with Crippen LogP contribution in [0, 0.1) is 12.8 Å². The Balaban J connectivity index is 2.38. The van der Waals surface area contributed by atoms with Crippen LogP contribution in [0.15, 0.2) is 23.1 Å². The van der Waals surface area contributed by atoms with E-state index in [0.29, 0.717) is 18.2 Å². The van der Waals surface area contributed by atoms with Gasteiger partial charge in [0, 0.05) is 12.6 Å². The zero-order valence-electron chi connectivity index (χ0n) is 11.8. The number of sulfonamides is 1. The second kappa shape index (κ2) is 5.13. The van der Waals surface area contributed by atoms with E-state index in [1.165, 1.54) is 0 Å². The number of benzene rings is 1. The Morgan fingerprint density at radius 2 is 2.00 bits per heavy atom. The van der Waals surface area contributed by atoms with Crippen LogP contribution in [-0.2, 0) is 10.0 Å². The molecule has 106 valence electrons. The quantitative estimate of drug-likeness (QED) is 0.843. The predicted octanol–water partition coefficient (Wildman–Crippen LogP) is 2.39. The summed E-state index contributed by atoms with van der Waals surface area (Å²) in [7, 11) is -3.47. The number of hydrogen-bond donors (Lipinski definition) is 1. The van der Waals surface area contributed by atoms with E-state index in [1.54, 1.807) is 22.5 Å². The van der Waals surface area contributed by atoms with E-state index in [1.807, 2.05) is 20.8 Å². The molecule has 1 fully saturated rings. The molecule has 0 saturated heterocycles. The van der Waals surface area contributed by atoms with Gasteiger partial charge in [-0.15, -0.1) is 0 Å². The first-order chi connectivity index (χ1) is 8.82. The molecule has 1 aliphatic rings. The predicted molar refractivity (Wildman–Crippen MR) is 77.3 cm³/mol. The molecule has 0 aromatic heterocycles. The van der Waals surface area contributed by atoms with Crippen molar-refractivity contribution in [2.24, 2.45) is 5.92 Å². The van der Waals surface area contributed by atoms with Gasteiger partial charge in [-0.1, -0.05) is 19.9 Å². The van der Waals surface area contributed by atoms with Crippen LogP contribution in [0.2, 0.25) is 0 Å². The van der Waals surface area contributed by atoms with Gasteiger partial charge in [-0.25, -0.2) is 8.42 Å². The Morgan fingerprint density at radius 3 is 2.47 bits per heavy atom. The van der Waals surface area contributed by atoms with Crippen LogP contribution in [0.5, 0.6) is 0 Å². The third-order valence-corrected chi connectivity index (χ3v) is 5.24. The molecule has 0 spiro atoms. The van der Waals surface area contributed by atoms with Crippen LogP contribution in [-0.4, -0.2) is 25.3 Å². The summed E-state index contributed by atoms with van der Waals surface area (Å²) < 4.78 is 27.1. The van der Waals surface area contributed by atoms with Crippen molar-refractivity contribution in [2.75, 3.05) is 12.3 Å². The second-order valence-corrected chi connectivity index (χ2v) is 7.60. The number of nitrogens with zero attached hydrogens (tertiary/aromatic N) is 1. The molecular formula is C14H22N2O2S. The Hall–Kier alpha value is -1.07. The van der Waals surface area contributed by atoms with Crippen LogP contribution in [0.25, 0.3) is 0 Å². The van der Waals surface area contributed by atoms with Crippen molar-refractivity contribution < 1.29 is 8.42 Å². The van der Waals surface area contributed by atoms with Crippen LogP contribution in [0.3, 0.4) is 0 Å². The van der Waals surface area contributed by atoms with Crippen molar-refractivity contribution in [2.45, 2.75) is 44.6 Å². The summed E-state index contributed by atoms with van der Waals surface area (Å²) >= 11 is 0. The minimum Gasteiger partial charge on any atom is -0.398 e. The Morgan fingerprint density at radius 1 is 1.37 bits per heavy atom. The summed E-state index contributed by atoms with van der Waals surface area (Å²) in [5, 5.41) is 0. The van der Waals surface area contributed by atoms with E-state index in [0.717, 1.165) is 18.4 Å². The van der Waals surface area contributed by atoms with Gasteiger partial charge in [-0.05, 0) is 43.4 Å². The summed E-state index contributed by atoms with van der Waals surface area (Å²) in [5.41, 5.74) is 7.20. The first-order valence-corrected chi connectivity index (χ1v) is 8.14. The molecule has 0 bridgehead atoms. The summed E-state index contributed by atoms with van der Waals surface area (Å²) in [4.78, 5) is 0.241. The molecule has 2 N–H and O–H groups in total. The lowest BCUT2D eigenvalue weighted by atomic mass is 10.2. The highest BCUT2D eigenvalue weighted by atomic mass is 32.2. The largest absolute Gasteiger partial charge is 0.398 e. The smallest absolute Gasteiger partial charge is 0.245 e. The average Bonchev–Trinajstić information content (AvgIpc) is 3.08. The van der Waals surface area contributed by atoms with Gasteiger partial charge in [0.1, 0.15) is 4.90 Å². The molecule has 0 heterocycles. The molecule has 2 rings (SSSR count). The fourth-order valence-electron chi connectivity index (χ4n) is 2.19. The number of hydrogen-bond acceptors (Lipinski definition) is 3. The molecule has 1 aromatic carbocycles. The lowest BCUT2D eigenvalue weighted by Gasteiger charge is -2.24. The number of aryl methyl sites for hydroxylation is 1. The first kappa shape index (κ1) is 14.3. The minimum atomic E-state index is -3.47. The molecule has 1 aromatic rings. The topological polar surface area (TPSA) is 63.4 Å². The summed E-state index contributed by atoms with van der Waals surface area (Å²) in [5.74, 6) is 0.307. The molecule has 19 heavy (non-hydrogen) atoms. The summed E-state index contributed by atoms with van der Waals surface area (Å²) in [6.45, 7) is 6.52. The van der Waals surface area contributed by atoms with Crippen LogP contribution in [0.4, 0.5) is 5.69 Å². The van der Waals surface area contributed by atoms with Gasteiger partial charge in [-0.2, -0.15) is 4.31 Å². The Kier molecular flexibility index (Phi) is 3.87. The molecule has 5 heteroatoms. The van der Waals surface area contributed by atoms with Crippen molar-refractivity contribution in [1.82, 2.24) is 4.31 Å². The lowest BCUT2D eigenvalue weighted by molar-refractivity contribution is 0.360. The molecule has 0 amide bonds. The number of anilines is 1. The van der Waals surface area contributed by atoms with E-state index in [4.69, 9.17) is 5.73 Å². The van der Waals surface area contributed by atoms with Gasteiger partial charge in [0.2, 0.25) is 10.0 Å². The highest BCUT2D eigenvalue weighted by Gasteiger charge is 2.38. The van der Waals surface area contributed by atoms with Gasteiger partial charge < -0.3 is 5.73 Å². The molecule has 1 saturated carbocycles. The van der Waals surface area contributed by atoms with Crippen molar-refractivity contribution in [3.8, 4) is 0 Å². The summed E-state index contributed by atoms with van der Waals surface area (Å²) in [6.07, 6.45) is 1.91. The van der Waals surface area contributed by atoms with Crippen molar-refractivity contribution >= 4 is 15.7 Å². The van der Waals surface area contributed by atoms with E-state index in [9.17, 15) is 8.42 Å². The van der Waals surface area contributed by atoms with Crippen LogP contribution in [0.1, 0.15) is 32.3 Å². The van der Waals surface area contributed by atoms with Gasteiger partial charge in [0.05, 0.1) is 5.69 Å². The van der Waals surface area contributed by atoms with E-state index in [2.05, 4.69) is 0 Å². The standard InChI is InChI=1S/C14H22N2O2S/c1-10(2)9-16(12-5-6-12)19(17,18)14-7-4-11(3)8-13(14)15/h4,7-8,10,12H,5-6,9,15H2,1-3H3. The fourth-order valence-corrected chi connectivity index (χ4v) is 4.14. The number of nitrogen functional groups attached to an aromatic ring is 1. The minimum absolute atomic E-state index is 0.160. The third-order valence-electron chi connectivity index (χ3n) is 3.25. The van der Waals surface area contributed by atoms with Crippen molar-refractivity contribution in [1.29, 1.82) is 0 Å². The third kappa shape index (κ3) is 3.09. The molecule has 4 nitrogen and oxygen atoms in total. The molecule has 0 aliphatic heterocycles. The lowest BCUT2D eigenvalue weighted by Crippen LogP contribution is -2.36. The normalized spacial score (nSPS) is 16.3. The zero-order chi connectivity index (χ0) is 14.2. The monoisotopic (exact) mass is 282 g/mol. The number of nitrogens with two attached hydrogens (primary N) is 1. The van der Waals surface area contributed by atoms with E-state index >= 15 is 0 Å².